The second kappa shape index (κ2) is 5.90. The van der Waals surface area contributed by atoms with Crippen molar-refractivity contribution in [1.82, 2.24) is 10.2 Å². The van der Waals surface area contributed by atoms with Crippen LogP contribution in [0, 0.1) is 18.3 Å². The van der Waals surface area contributed by atoms with Gasteiger partial charge in [-0.15, -0.1) is 22.5 Å². The first-order valence-electron chi connectivity index (χ1n) is 7.19. The van der Waals surface area contributed by atoms with Gasteiger partial charge in [0.1, 0.15) is 5.01 Å². The van der Waals surface area contributed by atoms with Crippen LogP contribution < -0.4 is 5.32 Å². The molecule has 1 amide bonds. The molecule has 2 aliphatic rings. The van der Waals surface area contributed by atoms with Crippen LogP contribution in [0.15, 0.2) is 10.2 Å². The van der Waals surface area contributed by atoms with Crippen molar-refractivity contribution in [3.8, 4) is 12.3 Å². The Balaban J connectivity index is 1.41. The van der Waals surface area contributed by atoms with Crippen molar-refractivity contribution in [1.29, 1.82) is 0 Å². The molecule has 0 aromatic carbocycles. The van der Waals surface area contributed by atoms with Crippen LogP contribution in [0.1, 0.15) is 43.5 Å². The van der Waals surface area contributed by atoms with Gasteiger partial charge < -0.3 is 5.32 Å². The number of carbonyl (C=O) groups is 1. The minimum absolute atomic E-state index is 0.0681. The predicted octanol–water partition coefficient (Wildman–Crippen LogP) is 2.78. The molecule has 1 N–H and O–H groups in total. The summed E-state index contributed by atoms with van der Waals surface area (Å²) in [6.45, 7) is 0. The first-order valence-corrected chi connectivity index (χ1v) is 8.00. The molecule has 3 rings (SSSR count). The van der Waals surface area contributed by atoms with Crippen molar-refractivity contribution in [2.75, 3.05) is 5.32 Å². The van der Waals surface area contributed by atoms with Gasteiger partial charge >= 0.3 is 0 Å². The Morgan fingerprint density at radius 2 is 2.19 bits per heavy atom. The molecule has 1 aromatic rings. The van der Waals surface area contributed by atoms with E-state index < -0.39 is 5.66 Å². The van der Waals surface area contributed by atoms with Crippen LogP contribution in [0.3, 0.4) is 0 Å². The number of anilines is 1. The quantitative estimate of drug-likeness (QED) is 0.750. The molecule has 21 heavy (non-hydrogen) atoms. The summed E-state index contributed by atoms with van der Waals surface area (Å²) in [4.78, 5) is 11.9. The summed E-state index contributed by atoms with van der Waals surface area (Å²) in [7, 11) is 0. The van der Waals surface area contributed by atoms with Crippen LogP contribution in [0.2, 0.25) is 0 Å². The summed E-state index contributed by atoms with van der Waals surface area (Å²) in [5.74, 6) is 3.28. The molecule has 0 atom stereocenters. The third-order valence-corrected chi connectivity index (χ3v) is 4.54. The van der Waals surface area contributed by atoms with Crippen LogP contribution in [0.5, 0.6) is 0 Å². The monoisotopic (exact) mass is 303 g/mol. The normalized spacial score (nSPS) is 18.2. The third-order valence-electron chi connectivity index (χ3n) is 3.68. The lowest BCUT2D eigenvalue weighted by Gasteiger charge is -2.07. The maximum Gasteiger partial charge on any atom is 0.226 e. The van der Waals surface area contributed by atoms with Gasteiger partial charge in [-0.3, -0.25) is 4.79 Å². The third kappa shape index (κ3) is 4.08. The molecule has 2 heterocycles. The fourth-order valence-corrected chi connectivity index (χ4v) is 2.99. The number of aromatic nitrogens is 2. The molecule has 0 unspecified atom stereocenters. The Morgan fingerprint density at radius 1 is 1.38 bits per heavy atom. The Bertz CT molecular complexity index is 593. The van der Waals surface area contributed by atoms with Gasteiger partial charge in [0.05, 0.1) is 0 Å². The van der Waals surface area contributed by atoms with E-state index in [1.807, 2.05) is 0 Å². The Morgan fingerprint density at radius 3 is 2.86 bits per heavy atom. The number of hydrogen-bond donors (Lipinski definition) is 1. The standard InChI is InChI=1S/C14H17N5OS/c1-2-3-7-14(18-19-14)8-6-11(20)15-13-17-16-12(21-13)9-10-4-5-10/h1,10H,3-9H2,(H,15,17,20). The highest BCUT2D eigenvalue weighted by Gasteiger charge is 2.39. The lowest BCUT2D eigenvalue weighted by atomic mass is 10.0. The van der Waals surface area contributed by atoms with E-state index in [0.717, 1.165) is 23.8 Å². The van der Waals surface area contributed by atoms with Crippen molar-refractivity contribution in [3.63, 3.8) is 0 Å². The molecule has 1 saturated carbocycles. The van der Waals surface area contributed by atoms with E-state index in [1.165, 1.54) is 24.2 Å². The predicted molar refractivity (Wildman–Crippen MR) is 79.9 cm³/mol. The SMILES string of the molecule is C#CCCC1(CCC(=O)Nc2nnc(CC3CC3)s2)N=N1. The lowest BCUT2D eigenvalue weighted by Crippen LogP contribution is -2.17. The van der Waals surface area contributed by atoms with E-state index in [-0.39, 0.29) is 5.91 Å². The maximum atomic E-state index is 11.9. The van der Waals surface area contributed by atoms with Gasteiger partial charge in [-0.1, -0.05) is 11.3 Å². The zero-order valence-electron chi connectivity index (χ0n) is 11.7. The number of carbonyl (C=O) groups excluding carboxylic acids is 1. The molecule has 1 fully saturated rings. The molecular weight excluding hydrogens is 286 g/mol. The highest BCUT2D eigenvalue weighted by molar-refractivity contribution is 7.15. The van der Waals surface area contributed by atoms with Crippen LogP contribution in [0.25, 0.3) is 0 Å². The summed E-state index contributed by atoms with van der Waals surface area (Å²) >= 11 is 1.46. The summed E-state index contributed by atoms with van der Waals surface area (Å²) in [6.07, 6.45) is 11.1. The molecule has 7 heteroatoms. The second-order valence-electron chi connectivity index (χ2n) is 5.58. The Labute approximate surface area is 127 Å². The lowest BCUT2D eigenvalue weighted by molar-refractivity contribution is -0.116. The van der Waals surface area contributed by atoms with Crippen LogP contribution in [0.4, 0.5) is 5.13 Å². The van der Waals surface area contributed by atoms with E-state index in [4.69, 9.17) is 6.42 Å². The maximum absolute atomic E-state index is 11.9. The summed E-state index contributed by atoms with van der Waals surface area (Å²) in [5, 5.41) is 20.5. The van der Waals surface area contributed by atoms with Crippen LogP contribution >= 0.6 is 11.3 Å². The average Bonchev–Trinajstić information content (AvgIpc) is 3.37. The fourth-order valence-electron chi connectivity index (χ4n) is 2.12. The number of terminal acetylenes is 1. The number of nitrogens with one attached hydrogen (secondary N) is 1. The molecular formula is C14H17N5OS. The van der Waals surface area contributed by atoms with Crippen molar-refractivity contribution in [3.05, 3.63) is 5.01 Å². The molecule has 1 aliphatic carbocycles. The molecule has 110 valence electrons. The van der Waals surface area contributed by atoms with Crippen molar-refractivity contribution >= 4 is 22.4 Å². The Kier molecular flexibility index (Phi) is 3.97. The van der Waals surface area contributed by atoms with Gasteiger partial charge in [0.15, 0.2) is 5.66 Å². The molecule has 0 bridgehead atoms. The molecule has 1 aromatic heterocycles. The number of hydrogen-bond acceptors (Lipinski definition) is 6. The molecule has 1 aliphatic heterocycles. The molecule has 0 radical (unpaired) electrons. The van der Waals surface area contributed by atoms with E-state index in [0.29, 0.717) is 24.4 Å². The van der Waals surface area contributed by atoms with E-state index in [1.54, 1.807) is 0 Å². The fraction of sp³-hybridized carbons (Fsp3) is 0.643. The largest absolute Gasteiger partial charge is 0.301 e. The molecule has 6 nitrogen and oxygen atoms in total. The molecule has 0 spiro atoms. The Hall–Kier alpha value is -1.81. The van der Waals surface area contributed by atoms with Crippen molar-refractivity contribution < 1.29 is 4.79 Å². The van der Waals surface area contributed by atoms with Crippen molar-refractivity contribution in [2.45, 2.75) is 50.6 Å². The minimum atomic E-state index is -0.401. The zero-order chi connectivity index (χ0) is 14.7. The van der Waals surface area contributed by atoms with E-state index in [9.17, 15) is 4.79 Å². The van der Waals surface area contributed by atoms with Crippen molar-refractivity contribution in [2.24, 2.45) is 16.1 Å². The van der Waals surface area contributed by atoms with Crippen LogP contribution in [-0.4, -0.2) is 21.8 Å². The van der Waals surface area contributed by atoms with Gasteiger partial charge in [0, 0.05) is 32.1 Å². The van der Waals surface area contributed by atoms with Gasteiger partial charge in [-0.2, -0.15) is 10.2 Å². The van der Waals surface area contributed by atoms with Gasteiger partial charge in [-0.05, 0) is 18.8 Å². The number of rotatable bonds is 8. The summed E-state index contributed by atoms with van der Waals surface area (Å²) in [6, 6.07) is 0. The number of nitrogens with zero attached hydrogens (tertiary/aromatic N) is 4. The van der Waals surface area contributed by atoms with Crippen LogP contribution in [-0.2, 0) is 11.2 Å². The topological polar surface area (TPSA) is 79.6 Å². The smallest absolute Gasteiger partial charge is 0.226 e. The first-order chi connectivity index (χ1) is 10.2. The van der Waals surface area contributed by atoms with E-state index in [2.05, 4.69) is 31.7 Å². The zero-order valence-corrected chi connectivity index (χ0v) is 12.5. The summed E-state index contributed by atoms with van der Waals surface area (Å²) in [5.41, 5.74) is -0.401. The van der Waals surface area contributed by atoms with Gasteiger partial charge in [0.25, 0.3) is 0 Å². The first kappa shape index (κ1) is 14.1. The second-order valence-corrected chi connectivity index (χ2v) is 6.65. The van der Waals surface area contributed by atoms with E-state index >= 15 is 0 Å². The van der Waals surface area contributed by atoms with Gasteiger partial charge in [0.2, 0.25) is 11.0 Å². The molecule has 0 saturated heterocycles. The average molecular weight is 303 g/mol. The number of amides is 1. The highest BCUT2D eigenvalue weighted by atomic mass is 32.1. The van der Waals surface area contributed by atoms with Gasteiger partial charge in [-0.25, -0.2) is 0 Å². The highest BCUT2D eigenvalue weighted by Crippen LogP contribution is 2.37. The summed E-state index contributed by atoms with van der Waals surface area (Å²) < 4.78 is 0. The minimum Gasteiger partial charge on any atom is -0.301 e.